The number of halogens is 3. The van der Waals surface area contributed by atoms with Crippen LogP contribution in [0, 0.1) is 0 Å². The van der Waals surface area contributed by atoms with Crippen molar-refractivity contribution in [2.75, 3.05) is 46.5 Å². The van der Waals surface area contributed by atoms with Gasteiger partial charge in [0.2, 0.25) is 0 Å². The quantitative estimate of drug-likeness (QED) is 0.336. The maximum Gasteiger partial charge on any atom is 0.416 e. The third-order valence-corrected chi connectivity index (χ3v) is 8.98. The van der Waals surface area contributed by atoms with Crippen LogP contribution in [0.15, 0.2) is 83.8 Å². The highest BCUT2D eigenvalue weighted by Gasteiger charge is 2.38. The Kier molecular flexibility index (Phi) is 10.4. The van der Waals surface area contributed by atoms with Crippen LogP contribution in [0.4, 0.5) is 13.2 Å². The highest BCUT2D eigenvalue weighted by atomic mass is 32.2. The number of likely N-dealkylation sites (N-methyl/N-ethyl adjacent to an activating group) is 2. The zero-order valence-corrected chi connectivity index (χ0v) is 25.4. The molecule has 0 radical (unpaired) electrons. The van der Waals surface area contributed by atoms with Crippen LogP contribution in [0.1, 0.15) is 52.7 Å². The second kappa shape index (κ2) is 13.6. The van der Waals surface area contributed by atoms with E-state index in [1.54, 1.807) is 6.26 Å². The van der Waals surface area contributed by atoms with E-state index in [1.165, 1.54) is 24.6 Å². The molecule has 5 rings (SSSR count). The highest BCUT2D eigenvalue weighted by Crippen LogP contribution is 2.35. The van der Waals surface area contributed by atoms with Gasteiger partial charge in [0, 0.05) is 18.0 Å². The summed E-state index contributed by atoms with van der Waals surface area (Å²) in [7, 11) is 4.15. The minimum atomic E-state index is -4.43. The molecule has 0 spiro atoms. The molecular formula is C33H41F3N4OS. The summed E-state index contributed by atoms with van der Waals surface area (Å²) in [4.78, 5) is 17.9. The van der Waals surface area contributed by atoms with Gasteiger partial charge in [0.05, 0.1) is 22.2 Å². The van der Waals surface area contributed by atoms with Crippen molar-refractivity contribution in [3.63, 3.8) is 0 Å². The Balaban J connectivity index is 0.000000241. The number of carbonyl (C=O) groups excluding carboxylic acids is 1. The lowest BCUT2D eigenvalue weighted by Gasteiger charge is -2.42. The molecule has 0 saturated carbocycles. The van der Waals surface area contributed by atoms with Crippen LogP contribution in [0.2, 0.25) is 0 Å². The van der Waals surface area contributed by atoms with Crippen LogP contribution in [0.3, 0.4) is 0 Å². The third kappa shape index (κ3) is 7.75. The number of benzene rings is 3. The van der Waals surface area contributed by atoms with Gasteiger partial charge in [0.1, 0.15) is 0 Å². The average Bonchev–Trinajstić information content (AvgIpc) is 2.97. The van der Waals surface area contributed by atoms with Crippen LogP contribution < -0.4 is 11.1 Å². The molecule has 226 valence electrons. The van der Waals surface area contributed by atoms with Gasteiger partial charge in [-0.15, -0.1) is 11.8 Å². The molecule has 0 aliphatic carbocycles. The predicted octanol–water partition coefficient (Wildman–Crippen LogP) is 6.34. The number of nitrogens with one attached hydrogen (secondary N) is 1. The molecule has 3 aromatic rings. The molecule has 42 heavy (non-hydrogen) atoms. The predicted molar refractivity (Wildman–Crippen MR) is 165 cm³/mol. The number of rotatable bonds is 5. The maximum absolute atomic E-state index is 13.1. The first-order valence-corrected chi connectivity index (χ1v) is 15.5. The van der Waals surface area contributed by atoms with Gasteiger partial charge in [0.15, 0.2) is 0 Å². The maximum atomic E-state index is 13.1. The van der Waals surface area contributed by atoms with E-state index in [-0.39, 0.29) is 17.0 Å². The number of hydrogen-bond donors (Lipinski definition) is 2. The molecule has 3 aromatic carbocycles. The van der Waals surface area contributed by atoms with Crippen molar-refractivity contribution in [3.8, 4) is 0 Å². The lowest BCUT2D eigenvalue weighted by molar-refractivity contribution is -0.137. The first kappa shape index (κ1) is 32.1. The lowest BCUT2D eigenvalue weighted by atomic mass is 9.82. The van der Waals surface area contributed by atoms with Gasteiger partial charge in [-0.2, -0.15) is 13.2 Å². The first-order chi connectivity index (χ1) is 20.0. The second-order valence-electron chi connectivity index (χ2n) is 11.5. The Bertz CT molecular complexity index is 1320. The van der Waals surface area contributed by atoms with Gasteiger partial charge >= 0.3 is 6.18 Å². The number of piperidine rings is 2. The number of hydrogen-bond acceptors (Lipinski definition) is 5. The number of nitrogens with two attached hydrogens (primary N) is 1. The van der Waals surface area contributed by atoms with Crippen molar-refractivity contribution in [2.24, 2.45) is 5.73 Å². The molecule has 2 saturated heterocycles. The Morgan fingerprint density at radius 1 is 0.857 bits per heavy atom. The fraction of sp³-hybridized carbons (Fsp3) is 0.424. The standard InChI is InChI=1S/C21H23F3N2OS.C12H18N2/c1-26-12-6-11-20(14-26,15-7-4-3-5-8-15)25-19(27)17-10-9-16(21(22,23)24)13-18(17)28-2;1-14-9-5-8-12(13,10-14)11-6-3-2-4-7-11/h3-5,7-10,13H,6,11-12,14H2,1-2H3,(H,25,27);2-4,6-7H,5,8-10,13H2,1H3. The van der Waals surface area contributed by atoms with Crippen LogP contribution in [0.25, 0.3) is 0 Å². The number of alkyl halides is 3. The van der Waals surface area contributed by atoms with Gasteiger partial charge < -0.3 is 20.9 Å². The van der Waals surface area contributed by atoms with E-state index in [2.05, 4.69) is 46.4 Å². The summed E-state index contributed by atoms with van der Waals surface area (Å²) in [5, 5.41) is 3.15. The molecule has 2 aliphatic heterocycles. The fourth-order valence-electron chi connectivity index (χ4n) is 6.09. The van der Waals surface area contributed by atoms with Gasteiger partial charge in [-0.3, -0.25) is 4.79 Å². The molecule has 2 fully saturated rings. The fourth-order valence-corrected chi connectivity index (χ4v) is 6.71. The number of amides is 1. The van der Waals surface area contributed by atoms with Gasteiger partial charge in [-0.1, -0.05) is 60.7 Å². The summed E-state index contributed by atoms with van der Waals surface area (Å²) in [5.74, 6) is -0.350. The molecule has 2 atom stereocenters. The summed E-state index contributed by atoms with van der Waals surface area (Å²) in [6.07, 6.45) is 1.24. The molecule has 2 unspecified atom stereocenters. The molecule has 0 bridgehead atoms. The average molecular weight is 599 g/mol. The van der Waals surface area contributed by atoms with E-state index >= 15 is 0 Å². The Hall–Kier alpha value is -2.85. The molecule has 2 aliphatic rings. The molecule has 2 heterocycles. The minimum absolute atomic E-state index is 0.131. The largest absolute Gasteiger partial charge is 0.416 e. The highest BCUT2D eigenvalue weighted by molar-refractivity contribution is 7.98. The Labute approximate surface area is 251 Å². The summed E-state index contributed by atoms with van der Waals surface area (Å²) >= 11 is 1.14. The molecule has 5 nitrogen and oxygen atoms in total. The van der Waals surface area contributed by atoms with Crippen molar-refractivity contribution in [1.82, 2.24) is 15.1 Å². The topological polar surface area (TPSA) is 61.6 Å². The van der Waals surface area contributed by atoms with Crippen LogP contribution in [-0.2, 0) is 17.3 Å². The smallest absolute Gasteiger partial charge is 0.341 e. The van der Waals surface area contributed by atoms with Crippen molar-refractivity contribution in [1.29, 1.82) is 0 Å². The first-order valence-electron chi connectivity index (χ1n) is 14.3. The normalized spacial score (nSPS) is 23.5. The summed E-state index contributed by atoms with van der Waals surface area (Å²) < 4.78 is 39.1. The second-order valence-corrected chi connectivity index (χ2v) is 12.4. The zero-order chi connectivity index (χ0) is 30.4. The number of nitrogens with zero attached hydrogens (tertiary/aromatic N) is 2. The van der Waals surface area contributed by atoms with Gasteiger partial charge in [0.25, 0.3) is 5.91 Å². The monoisotopic (exact) mass is 598 g/mol. The van der Waals surface area contributed by atoms with Crippen molar-refractivity contribution < 1.29 is 18.0 Å². The zero-order valence-electron chi connectivity index (χ0n) is 24.6. The SMILES string of the molecule is CN1CCCC(N)(c2ccccc2)C1.CSc1cc(C(F)(F)F)ccc1C(=O)NC1(c2ccccc2)CCCN(C)C1. The molecular weight excluding hydrogens is 557 g/mol. The lowest BCUT2D eigenvalue weighted by Crippen LogP contribution is -2.55. The van der Waals surface area contributed by atoms with E-state index in [4.69, 9.17) is 5.73 Å². The number of likely N-dealkylation sites (tertiary alicyclic amines) is 2. The van der Waals surface area contributed by atoms with Crippen LogP contribution in [-0.4, -0.2) is 62.2 Å². The summed E-state index contributed by atoms with van der Waals surface area (Å²) in [6.45, 7) is 3.74. The molecule has 3 N–H and O–H groups in total. The van der Waals surface area contributed by atoms with Crippen LogP contribution >= 0.6 is 11.8 Å². The molecule has 0 aromatic heterocycles. The van der Waals surface area contributed by atoms with Crippen molar-refractivity contribution in [2.45, 2.75) is 47.8 Å². The van der Waals surface area contributed by atoms with Gasteiger partial charge in [-0.25, -0.2) is 0 Å². The molecule has 1 amide bonds. The Morgan fingerprint density at radius 3 is 1.98 bits per heavy atom. The molecule has 9 heteroatoms. The van der Waals surface area contributed by atoms with Crippen molar-refractivity contribution in [3.05, 3.63) is 101 Å². The van der Waals surface area contributed by atoms with Crippen molar-refractivity contribution >= 4 is 17.7 Å². The summed E-state index contributed by atoms with van der Waals surface area (Å²) in [6, 6.07) is 23.5. The summed E-state index contributed by atoms with van der Waals surface area (Å²) in [5.41, 5.74) is 7.53. The van der Waals surface area contributed by atoms with E-state index in [0.29, 0.717) is 11.4 Å². The van der Waals surface area contributed by atoms with E-state index in [9.17, 15) is 18.0 Å². The number of thioether (sulfide) groups is 1. The van der Waals surface area contributed by atoms with Crippen LogP contribution in [0.5, 0.6) is 0 Å². The van der Waals surface area contributed by atoms with E-state index < -0.39 is 17.3 Å². The Morgan fingerprint density at radius 2 is 1.43 bits per heavy atom. The number of carbonyl (C=O) groups is 1. The van der Waals surface area contributed by atoms with E-state index in [0.717, 1.165) is 61.8 Å². The minimum Gasteiger partial charge on any atom is -0.341 e. The van der Waals surface area contributed by atoms with E-state index in [1.807, 2.05) is 43.4 Å². The third-order valence-electron chi connectivity index (χ3n) is 8.20. The van der Waals surface area contributed by atoms with Gasteiger partial charge in [-0.05, 0) is 88.4 Å².